The van der Waals surface area contributed by atoms with Gasteiger partial charge in [-0.2, -0.15) is 0 Å². The van der Waals surface area contributed by atoms with Crippen LogP contribution in [0, 0.1) is 5.82 Å². The molecule has 0 spiro atoms. The third-order valence-corrected chi connectivity index (χ3v) is 3.10. The molecule has 0 unspecified atom stereocenters. The fraction of sp³-hybridized carbons (Fsp3) is 0.429. The molecule has 96 valence electrons. The standard InChI is InChI=1S/C14H15FO3/c1-14(2)16-8-13(18-14)12-5-3-9-7-10(15)4-6-11(9)17-12/h3-7,12-13H,8H2,1-2H3/t12-,13+/m0/s1. The molecular weight excluding hydrogens is 235 g/mol. The molecule has 2 aliphatic rings. The number of fused-ring (bicyclic) bond motifs is 1. The Hall–Kier alpha value is -1.39. The van der Waals surface area contributed by atoms with Crippen molar-refractivity contribution in [3.05, 3.63) is 35.7 Å². The van der Waals surface area contributed by atoms with Gasteiger partial charge in [-0.1, -0.05) is 6.08 Å². The Morgan fingerprint density at radius 2 is 2.17 bits per heavy atom. The first kappa shape index (κ1) is 11.7. The van der Waals surface area contributed by atoms with Gasteiger partial charge in [0, 0.05) is 5.56 Å². The summed E-state index contributed by atoms with van der Waals surface area (Å²) in [7, 11) is 0. The Kier molecular flexibility index (Phi) is 2.64. The highest BCUT2D eigenvalue weighted by Crippen LogP contribution is 2.32. The lowest BCUT2D eigenvalue weighted by molar-refractivity contribution is -0.145. The summed E-state index contributed by atoms with van der Waals surface area (Å²) < 4.78 is 30.1. The normalized spacial score (nSPS) is 28.8. The van der Waals surface area contributed by atoms with Gasteiger partial charge in [0.25, 0.3) is 0 Å². The van der Waals surface area contributed by atoms with E-state index in [9.17, 15) is 4.39 Å². The molecule has 1 aromatic rings. The smallest absolute Gasteiger partial charge is 0.163 e. The second kappa shape index (κ2) is 4.07. The number of hydrogen-bond donors (Lipinski definition) is 0. The molecule has 3 nitrogen and oxygen atoms in total. The van der Waals surface area contributed by atoms with Crippen LogP contribution in [0.5, 0.6) is 5.75 Å². The third kappa shape index (κ3) is 2.13. The van der Waals surface area contributed by atoms with Crippen molar-refractivity contribution in [1.82, 2.24) is 0 Å². The summed E-state index contributed by atoms with van der Waals surface area (Å²) in [5, 5.41) is 0. The van der Waals surface area contributed by atoms with Crippen LogP contribution in [0.4, 0.5) is 4.39 Å². The lowest BCUT2D eigenvalue weighted by atomic mass is 10.1. The molecule has 4 heteroatoms. The van der Waals surface area contributed by atoms with Crippen LogP contribution in [0.3, 0.4) is 0 Å². The second-order valence-corrected chi connectivity index (χ2v) is 4.99. The fourth-order valence-corrected chi connectivity index (χ4v) is 2.22. The minimum atomic E-state index is -0.565. The molecular formula is C14H15FO3. The van der Waals surface area contributed by atoms with E-state index in [1.165, 1.54) is 12.1 Å². The molecule has 0 bridgehead atoms. The topological polar surface area (TPSA) is 27.7 Å². The van der Waals surface area contributed by atoms with Crippen molar-refractivity contribution >= 4 is 6.08 Å². The molecule has 2 atom stereocenters. The third-order valence-electron chi connectivity index (χ3n) is 3.10. The van der Waals surface area contributed by atoms with Gasteiger partial charge in [-0.05, 0) is 38.1 Å². The Morgan fingerprint density at radius 1 is 1.33 bits per heavy atom. The lowest BCUT2D eigenvalue weighted by Gasteiger charge is -2.26. The monoisotopic (exact) mass is 250 g/mol. The molecule has 0 aliphatic carbocycles. The van der Waals surface area contributed by atoms with Gasteiger partial charge in [-0.25, -0.2) is 4.39 Å². The van der Waals surface area contributed by atoms with Crippen LogP contribution in [-0.2, 0) is 9.47 Å². The maximum Gasteiger partial charge on any atom is 0.163 e. The van der Waals surface area contributed by atoms with Crippen molar-refractivity contribution in [2.24, 2.45) is 0 Å². The number of hydrogen-bond acceptors (Lipinski definition) is 3. The predicted molar refractivity (Wildman–Crippen MR) is 64.8 cm³/mol. The number of rotatable bonds is 1. The average molecular weight is 250 g/mol. The zero-order valence-corrected chi connectivity index (χ0v) is 10.4. The van der Waals surface area contributed by atoms with E-state index in [0.717, 1.165) is 5.56 Å². The predicted octanol–water partition coefficient (Wildman–Crippen LogP) is 2.75. The Bertz CT molecular complexity index is 496. The molecule has 1 aromatic carbocycles. The van der Waals surface area contributed by atoms with Crippen molar-refractivity contribution < 1.29 is 18.6 Å². The van der Waals surface area contributed by atoms with Gasteiger partial charge < -0.3 is 14.2 Å². The second-order valence-electron chi connectivity index (χ2n) is 4.99. The summed E-state index contributed by atoms with van der Waals surface area (Å²) in [6, 6.07) is 4.49. The van der Waals surface area contributed by atoms with E-state index in [1.807, 2.05) is 26.0 Å². The summed E-state index contributed by atoms with van der Waals surface area (Å²) >= 11 is 0. The summed E-state index contributed by atoms with van der Waals surface area (Å²) in [6.45, 7) is 4.25. The zero-order valence-electron chi connectivity index (χ0n) is 10.4. The molecule has 0 amide bonds. The van der Waals surface area contributed by atoms with Crippen molar-refractivity contribution in [1.29, 1.82) is 0 Å². The number of halogens is 1. The van der Waals surface area contributed by atoms with Crippen LogP contribution in [-0.4, -0.2) is 24.6 Å². The van der Waals surface area contributed by atoms with Crippen LogP contribution in [0.2, 0.25) is 0 Å². The molecule has 3 rings (SSSR count). The van der Waals surface area contributed by atoms with Gasteiger partial charge in [0.05, 0.1) is 6.61 Å². The maximum absolute atomic E-state index is 13.1. The molecule has 0 N–H and O–H groups in total. The van der Waals surface area contributed by atoms with Crippen molar-refractivity contribution in [2.75, 3.05) is 6.61 Å². The van der Waals surface area contributed by atoms with Crippen LogP contribution in [0.25, 0.3) is 6.08 Å². The summed E-state index contributed by atoms with van der Waals surface area (Å²) in [6.07, 6.45) is 3.43. The Labute approximate surface area is 105 Å². The molecule has 0 aromatic heterocycles. The molecule has 0 saturated carbocycles. The van der Waals surface area contributed by atoms with Gasteiger partial charge in [0.1, 0.15) is 23.8 Å². The van der Waals surface area contributed by atoms with E-state index in [1.54, 1.807) is 6.07 Å². The summed E-state index contributed by atoms with van der Waals surface area (Å²) in [5.41, 5.74) is 0.754. The summed E-state index contributed by atoms with van der Waals surface area (Å²) in [4.78, 5) is 0. The molecule has 2 heterocycles. The number of ether oxygens (including phenoxy) is 3. The van der Waals surface area contributed by atoms with Crippen LogP contribution >= 0.6 is 0 Å². The van der Waals surface area contributed by atoms with Gasteiger partial charge >= 0.3 is 0 Å². The van der Waals surface area contributed by atoms with E-state index in [4.69, 9.17) is 14.2 Å². The maximum atomic E-state index is 13.1. The van der Waals surface area contributed by atoms with Gasteiger partial charge in [-0.3, -0.25) is 0 Å². The minimum Gasteiger partial charge on any atom is -0.483 e. The first-order valence-corrected chi connectivity index (χ1v) is 6.00. The van der Waals surface area contributed by atoms with Gasteiger partial charge in [0.2, 0.25) is 0 Å². The average Bonchev–Trinajstić information content (AvgIpc) is 2.69. The summed E-state index contributed by atoms with van der Waals surface area (Å²) in [5.74, 6) is -0.149. The highest BCUT2D eigenvalue weighted by Gasteiger charge is 2.38. The minimum absolute atomic E-state index is 0.130. The molecule has 1 saturated heterocycles. The van der Waals surface area contributed by atoms with Crippen molar-refractivity contribution in [3.8, 4) is 5.75 Å². The first-order chi connectivity index (χ1) is 8.53. The van der Waals surface area contributed by atoms with Crippen molar-refractivity contribution in [3.63, 3.8) is 0 Å². The SMILES string of the molecule is CC1(C)OC[C@H]([C@@H]2C=Cc3cc(F)ccc3O2)O1. The quantitative estimate of drug-likeness (QED) is 0.767. The van der Waals surface area contributed by atoms with E-state index < -0.39 is 5.79 Å². The first-order valence-electron chi connectivity index (χ1n) is 6.00. The Balaban J connectivity index is 1.78. The zero-order chi connectivity index (χ0) is 12.8. The molecule has 0 radical (unpaired) electrons. The van der Waals surface area contributed by atoms with E-state index in [2.05, 4.69) is 0 Å². The van der Waals surface area contributed by atoms with E-state index in [-0.39, 0.29) is 18.0 Å². The number of benzene rings is 1. The van der Waals surface area contributed by atoms with E-state index >= 15 is 0 Å². The molecule has 1 fully saturated rings. The fourth-order valence-electron chi connectivity index (χ4n) is 2.22. The van der Waals surface area contributed by atoms with Gasteiger partial charge in [-0.15, -0.1) is 0 Å². The largest absolute Gasteiger partial charge is 0.483 e. The Morgan fingerprint density at radius 3 is 2.89 bits per heavy atom. The van der Waals surface area contributed by atoms with E-state index in [0.29, 0.717) is 12.4 Å². The highest BCUT2D eigenvalue weighted by molar-refractivity contribution is 5.60. The van der Waals surface area contributed by atoms with Crippen LogP contribution in [0.15, 0.2) is 24.3 Å². The van der Waals surface area contributed by atoms with Crippen LogP contribution in [0.1, 0.15) is 19.4 Å². The van der Waals surface area contributed by atoms with Gasteiger partial charge in [0.15, 0.2) is 5.79 Å². The van der Waals surface area contributed by atoms with Crippen molar-refractivity contribution in [2.45, 2.75) is 31.8 Å². The van der Waals surface area contributed by atoms with Crippen LogP contribution < -0.4 is 4.74 Å². The molecule has 18 heavy (non-hydrogen) atoms. The highest BCUT2D eigenvalue weighted by atomic mass is 19.1. The lowest BCUT2D eigenvalue weighted by Crippen LogP contribution is -2.34. The molecule has 2 aliphatic heterocycles.